The van der Waals surface area contributed by atoms with Gasteiger partial charge in [0.25, 0.3) is 0 Å². The van der Waals surface area contributed by atoms with Gasteiger partial charge in [-0.1, -0.05) is 0 Å². The molecule has 0 aliphatic heterocycles. The van der Waals surface area contributed by atoms with E-state index in [2.05, 4.69) is 5.32 Å². The fourth-order valence-electron chi connectivity index (χ4n) is 1.28. The fraction of sp³-hybridized carbons (Fsp3) is 0.273. The average molecular weight is 258 g/mol. The molecule has 0 atom stereocenters. The van der Waals surface area contributed by atoms with Crippen molar-refractivity contribution in [3.8, 4) is 0 Å². The fourth-order valence-corrected chi connectivity index (χ4v) is 1.28. The summed E-state index contributed by atoms with van der Waals surface area (Å²) in [4.78, 5) is 23.0. The maximum atomic E-state index is 13.2. The van der Waals surface area contributed by atoms with Crippen molar-refractivity contribution in [1.82, 2.24) is 4.90 Å². The highest BCUT2D eigenvalue weighted by Crippen LogP contribution is 2.15. The number of urea groups is 1. The summed E-state index contributed by atoms with van der Waals surface area (Å²) in [6, 6.07) is 1.81. The van der Waals surface area contributed by atoms with Gasteiger partial charge in [-0.15, -0.1) is 0 Å². The van der Waals surface area contributed by atoms with Crippen LogP contribution in [0.2, 0.25) is 0 Å². The van der Waals surface area contributed by atoms with Gasteiger partial charge in [0, 0.05) is 12.6 Å². The summed E-state index contributed by atoms with van der Waals surface area (Å²) in [5.41, 5.74) is -0.330. The molecule has 0 aromatic heterocycles. The van der Waals surface area contributed by atoms with Gasteiger partial charge in [0.2, 0.25) is 0 Å². The van der Waals surface area contributed by atoms with Gasteiger partial charge in [-0.3, -0.25) is 4.79 Å². The molecule has 0 fully saturated rings. The Morgan fingerprint density at radius 2 is 2.06 bits per heavy atom. The molecular formula is C11H12F2N2O3. The van der Waals surface area contributed by atoms with Gasteiger partial charge in [-0.05, 0) is 19.1 Å². The van der Waals surface area contributed by atoms with Gasteiger partial charge in [0.1, 0.15) is 18.2 Å². The molecule has 5 nitrogen and oxygen atoms in total. The molecule has 0 saturated heterocycles. The molecule has 2 N–H and O–H groups in total. The second-order valence-electron chi connectivity index (χ2n) is 3.46. The van der Waals surface area contributed by atoms with Gasteiger partial charge in [-0.25, -0.2) is 13.6 Å². The molecule has 0 bridgehead atoms. The third kappa shape index (κ3) is 3.69. The number of aliphatic carboxylic acids is 1. The Kier molecular flexibility index (Phi) is 4.59. The number of nitrogens with one attached hydrogen (secondary N) is 1. The summed E-state index contributed by atoms with van der Waals surface area (Å²) in [6.07, 6.45) is 0. The van der Waals surface area contributed by atoms with Crippen molar-refractivity contribution in [2.75, 3.05) is 18.4 Å². The Labute approximate surface area is 102 Å². The summed E-state index contributed by atoms with van der Waals surface area (Å²) in [5.74, 6) is -2.68. The molecule has 1 aromatic carbocycles. The Morgan fingerprint density at radius 1 is 1.39 bits per heavy atom. The van der Waals surface area contributed by atoms with E-state index in [0.29, 0.717) is 0 Å². The van der Waals surface area contributed by atoms with Gasteiger partial charge in [0.15, 0.2) is 0 Å². The number of carboxylic acid groups (broad SMARTS) is 1. The number of carbonyl (C=O) groups excluding carboxylic acids is 1. The summed E-state index contributed by atoms with van der Waals surface area (Å²) < 4.78 is 26.1. The molecular weight excluding hydrogens is 246 g/mol. The number of carbonyl (C=O) groups is 2. The number of amides is 2. The molecule has 7 heteroatoms. The normalized spacial score (nSPS) is 9.94. The minimum Gasteiger partial charge on any atom is -0.480 e. The molecule has 98 valence electrons. The monoisotopic (exact) mass is 258 g/mol. The molecule has 0 spiro atoms. The Hall–Kier alpha value is -2.18. The van der Waals surface area contributed by atoms with Crippen molar-refractivity contribution in [3.05, 3.63) is 29.8 Å². The zero-order valence-electron chi connectivity index (χ0n) is 9.61. The number of halogens is 2. The first kappa shape index (κ1) is 13.9. The van der Waals surface area contributed by atoms with E-state index in [9.17, 15) is 18.4 Å². The lowest BCUT2D eigenvalue weighted by atomic mass is 10.3. The third-order valence-corrected chi connectivity index (χ3v) is 2.17. The molecule has 0 saturated carbocycles. The first-order valence-corrected chi connectivity index (χ1v) is 5.16. The smallest absolute Gasteiger partial charge is 0.323 e. The minimum atomic E-state index is -1.19. The predicted molar refractivity (Wildman–Crippen MR) is 60.3 cm³/mol. The summed E-state index contributed by atoms with van der Waals surface area (Å²) in [7, 11) is 0. The molecule has 0 heterocycles. The van der Waals surface area contributed by atoms with Crippen LogP contribution in [0.3, 0.4) is 0 Å². The summed E-state index contributed by atoms with van der Waals surface area (Å²) in [5, 5.41) is 10.7. The van der Waals surface area contributed by atoms with Gasteiger partial charge < -0.3 is 15.3 Å². The number of likely N-dealkylation sites (N-methyl/N-ethyl adjacent to an activating group) is 1. The van der Waals surface area contributed by atoms with Crippen LogP contribution in [-0.2, 0) is 4.79 Å². The highest BCUT2D eigenvalue weighted by Gasteiger charge is 2.16. The minimum absolute atomic E-state index is 0.134. The van der Waals surface area contributed by atoms with Crippen molar-refractivity contribution in [1.29, 1.82) is 0 Å². The highest BCUT2D eigenvalue weighted by atomic mass is 19.1. The van der Waals surface area contributed by atoms with Crippen molar-refractivity contribution in [2.45, 2.75) is 6.92 Å². The van der Waals surface area contributed by atoms with E-state index < -0.39 is 30.2 Å². The molecule has 1 aromatic rings. The molecule has 0 aliphatic carbocycles. The predicted octanol–water partition coefficient (Wildman–Crippen LogP) is 1.90. The lowest BCUT2D eigenvalue weighted by Gasteiger charge is -2.19. The van der Waals surface area contributed by atoms with E-state index in [1.54, 1.807) is 6.92 Å². The average Bonchev–Trinajstić information content (AvgIpc) is 2.30. The number of nitrogens with zero attached hydrogens (tertiary/aromatic N) is 1. The number of hydrogen-bond donors (Lipinski definition) is 2. The zero-order chi connectivity index (χ0) is 13.7. The van der Waals surface area contributed by atoms with Crippen LogP contribution in [0.1, 0.15) is 6.92 Å². The molecule has 1 rings (SSSR count). The van der Waals surface area contributed by atoms with Crippen molar-refractivity contribution < 1.29 is 23.5 Å². The van der Waals surface area contributed by atoms with Crippen molar-refractivity contribution >= 4 is 17.7 Å². The van der Waals surface area contributed by atoms with Crippen molar-refractivity contribution in [2.24, 2.45) is 0 Å². The quantitative estimate of drug-likeness (QED) is 0.866. The molecule has 18 heavy (non-hydrogen) atoms. The number of rotatable bonds is 4. The maximum absolute atomic E-state index is 13.2. The Bertz CT molecular complexity index is 466. The van der Waals surface area contributed by atoms with Crippen LogP contribution in [0, 0.1) is 11.6 Å². The van der Waals surface area contributed by atoms with E-state index >= 15 is 0 Å². The number of carboxylic acids is 1. The van der Waals surface area contributed by atoms with Crippen LogP contribution >= 0.6 is 0 Å². The summed E-state index contributed by atoms with van der Waals surface area (Å²) in [6.45, 7) is 1.19. The number of hydrogen-bond acceptors (Lipinski definition) is 2. The lowest BCUT2D eigenvalue weighted by Crippen LogP contribution is -2.38. The van der Waals surface area contributed by atoms with Crippen LogP contribution in [0.25, 0.3) is 0 Å². The standard InChI is InChI=1S/C11H12F2N2O3/c1-2-15(6-10(16)17)11(18)14-9-5-7(12)3-4-8(9)13/h3-5H,2,6H2,1H3,(H,14,18)(H,16,17). The molecule has 0 unspecified atom stereocenters. The highest BCUT2D eigenvalue weighted by molar-refractivity contribution is 5.91. The topological polar surface area (TPSA) is 69.6 Å². The SMILES string of the molecule is CCN(CC(=O)O)C(=O)Nc1cc(F)ccc1F. The maximum Gasteiger partial charge on any atom is 0.323 e. The van der Waals surface area contributed by atoms with E-state index in [-0.39, 0.29) is 12.2 Å². The van der Waals surface area contributed by atoms with E-state index in [0.717, 1.165) is 23.1 Å². The molecule has 2 amide bonds. The van der Waals surface area contributed by atoms with E-state index in [1.807, 2.05) is 0 Å². The van der Waals surface area contributed by atoms with Crippen LogP contribution in [0.4, 0.5) is 19.3 Å². The van der Waals surface area contributed by atoms with E-state index in [1.165, 1.54) is 0 Å². The van der Waals surface area contributed by atoms with Gasteiger partial charge >= 0.3 is 12.0 Å². The lowest BCUT2D eigenvalue weighted by molar-refractivity contribution is -0.137. The van der Waals surface area contributed by atoms with Crippen LogP contribution in [-0.4, -0.2) is 35.1 Å². The van der Waals surface area contributed by atoms with Gasteiger partial charge in [0.05, 0.1) is 5.69 Å². The van der Waals surface area contributed by atoms with Crippen LogP contribution in [0.5, 0.6) is 0 Å². The first-order valence-electron chi connectivity index (χ1n) is 5.16. The van der Waals surface area contributed by atoms with E-state index in [4.69, 9.17) is 5.11 Å². The molecule has 0 radical (unpaired) electrons. The van der Waals surface area contributed by atoms with Gasteiger partial charge in [-0.2, -0.15) is 0 Å². The number of anilines is 1. The largest absolute Gasteiger partial charge is 0.480 e. The van der Waals surface area contributed by atoms with Crippen molar-refractivity contribution in [3.63, 3.8) is 0 Å². The Morgan fingerprint density at radius 3 is 2.61 bits per heavy atom. The Balaban J connectivity index is 2.79. The number of benzene rings is 1. The summed E-state index contributed by atoms with van der Waals surface area (Å²) >= 11 is 0. The second-order valence-corrected chi connectivity index (χ2v) is 3.46. The zero-order valence-corrected chi connectivity index (χ0v) is 9.61. The first-order chi connectivity index (χ1) is 8.43. The third-order valence-electron chi connectivity index (χ3n) is 2.17. The second kappa shape index (κ2) is 5.95. The van der Waals surface area contributed by atoms with Crippen LogP contribution in [0.15, 0.2) is 18.2 Å². The molecule has 0 aliphatic rings. The van der Waals surface area contributed by atoms with Crippen LogP contribution < -0.4 is 5.32 Å².